The molecule has 0 fully saturated rings. The van der Waals surface area contributed by atoms with Crippen molar-refractivity contribution >= 4 is 28.7 Å². The van der Waals surface area contributed by atoms with Crippen LogP contribution in [0.1, 0.15) is 47.1 Å². The molecular formula is C20H22O4. The lowest BCUT2D eigenvalue weighted by molar-refractivity contribution is -0.148. The van der Waals surface area contributed by atoms with E-state index in [4.69, 9.17) is 9.47 Å². The maximum atomic E-state index is 12.5. The molecule has 0 bridgehead atoms. The topological polar surface area (TPSA) is 52.6 Å². The first-order valence-corrected chi connectivity index (χ1v) is 8.05. The molecule has 2 aliphatic carbocycles. The van der Waals surface area contributed by atoms with Crippen LogP contribution < -0.4 is 10.4 Å². The Morgan fingerprint density at radius 1 is 0.875 bits per heavy atom. The molecule has 0 aromatic heterocycles. The maximum Gasteiger partial charge on any atom is 0.339 e. The van der Waals surface area contributed by atoms with Crippen molar-refractivity contribution in [2.45, 2.75) is 52.7 Å². The quantitative estimate of drug-likeness (QED) is 0.781. The van der Waals surface area contributed by atoms with Gasteiger partial charge in [-0.25, -0.2) is 9.59 Å². The Bertz CT molecular complexity index is 902. The Hall–Kier alpha value is -2.36. The van der Waals surface area contributed by atoms with Gasteiger partial charge in [0.25, 0.3) is 0 Å². The zero-order valence-corrected chi connectivity index (χ0v) is 14.9. The highest BCUT2D eigenvalue weighted by molar-refractivity contribution is 6.35. The lowest BCUT2D eigenvalue weighted by atomic mass is 9.91. The third kappa shape index (κ3) is 2.77. The summed E-state index contributed by atoms with van der Waals surface area (Å²) >= 11 is 0. The molecule has 0 aliphatic heterocycles. The van der Waals surface area contributed by atoms with Gasteiger partial charge in [-0.1, -0.05) is 18.2 Å². The fraction of sp³-hybridized carbons (Fsp3) is 0.400. The van der Waals surface area contributed by atoms with Crippen LogP contribution in [-0.2, 0) is 19.1 Å². The molecule has 0 heterocycles. The monoisotopic (exact) mass is 326 g/mol. The number of allylic oxidation sites excluding steroid dienone is 1. The molecule has 0 saturated heterocycles. The molecular weight excluding hydrogens is 304 g/mol. The summed E-state index contributed by atoms with van der Waals surface area (Å²) in [4.78, 5) is 24.9. The average Bonchev–Trinajstić information content (AvgIpc) is 2.71. The first-order valence-electron chi connectivity index (χ1n) is 8.05. The van der Waals surface area contributed by atoms with Crippen LogP contribution in [0.25, 0.3) is 16.7 Å². The van der Waals surface area contributed by atoms with Crippen LogP contribution in [0.15, 0.2) is 24.3 Å². The number of benzene rings is 1. The van der Waals surface area contributed by atoms with Crippen LogP contribution in [0.3, 0.4) is 0 Å². The fourth-order valence-corrected chi connectivity index (χ4v) is 2.90. The highest BCUT2D eigenvalue weighted by Crippen LogP contribution is 2.31. The predicted molar refractivity (Wildman–Crippen MR) is 92.2 cm³/mol. The molecule has 0 saturated carbocycles. The van der Waals surface area contributed by atoms with Crippen LogP contribution in [0, 0.1) is 0 Å². The summed E-state index contributed by atoms with van der Waals surface area (Å²) in [7, 11) is 0. The number of carbonyl (C=O) groups is 2. The number of ether oxygens (including phenoxy) is 2. The second-order valence-electron chi connectivity index (χ2n) is 8.08. The van der Waals surface area contributed by atoms with Crippen LogP contribution in [0.2, 0.25) is 0 Å². The van der Waals surface area contributed by atoms with Crippen molar-refractivity contribution in [3.05, 3.63) is 40.3 Å². The number of hydrogen-bond acceptors (Lipinski definition) is 4. The summed E-state index contributed by atoms with van der Waals surface area (Å²) in [6.45, 7) is 11.0. The third-order valence-corrected chi connectivity index (χ3v) is 3.67. The number of carbonyl (C=O) groups excluding carboxylic acids is 2. The van der Waals surface area contributed by atoms with Gasteiger partial charge in [0.15, 0.2) is 0 Å². The van der Waals surface area contributed by atoms with Crippen molar-refractivity contribution in [3.8, 4) is 0 Å². The Morgan fingerprint density at radius 3 is 2.04 bits per heavy atom. The van der Waals surface area contributed by atoms with E-state index in [2.05, 4.69) is 0 Å². The molecule has 0 amide bonds. The number of rotatable bonds is 2. The minimum atomic E-state index is -0.565. The van der Waals surface area contributed by atoms with E-state index in [0.29, 0.717) is 11.1 Å². The molecule has 0 spiro atoms. The molecule has 0 radical (unpaired) electrons. The van der Waals surface area contributed by atoms with Gasteiger partial charge in [0, 0.05) is 0 Å². The predicted octanol–water partition coefficient (Wildman–Crippen LogP) is 2.08. The van der Waals surface area contributed by atoms with Gasteiger partial charge in [-0.3, -0.25) is 0 Å². The van der Waals surface area contributed by atoms with E-state index < -0.39 is 11.2 Å². The Morgan fingerprint density at radius 2 is 1.46 bits per heavy atom. The zero-order valence-electron chi connectivity index (χ0n) is 14.9. The second-order valence-corrected chi connectivity index (χ2v) is 8.08. The molecule has 2 aliphatic rings. The van der Waals surface area contributed by atoms with Gasteiger partial charge in [0.05, 0.1) is 11.1 Å². The van der Waals surface area contributed by atoms with Crippen LogP contribution in [0.5, 0.6) is 0 Å². The van der Waals surface area contributed by atoms with E-state index in [9.17, 15) is 9.59 Å². The molecule has 0 N–H and O–H groups in total. The second kappa shape index (κ2) is 5.07. The van der Waals surface area contributed by atoms with E-state index in [0.717, 1.165) is 21.6 Å². The highest BCUT2D eigenvalue weighted by atomic mass is 16.6. The summed E-state index contributed by atoms with van der Waals surface area (Å²) < 4.78 is 11.0. The van der Waals surface area contributed by atoms with Gasteiger partial charge in [-0.15, -0.1) is 0 Å². The largest absolute Gasteiger partial charge is 0.456 e. The van der Waals surface area contributed by atoms with Crippen LogP contribution >= 0.6 is 0 Å². The molecule has 4 nitrogen and oxygen atoms in total. The minimum absolute atomic E-state index is 0.358. The SMILES string of the molecule is CC(C)(C)OC(=O)C1=CC2=c3c1cccc3=C2C(=O)OC(C)(C)C. The van der Waals surface area contributed by atoms with Crippen molar-refractivity contribution in [1.82, 2.24) is 0 Å². The van der Waals surface area contributed by atoms with Gasteiger partial charge in [-0.05, 0) is 69.2 Å². The summed E-state index contributed by atoms with van der Waals surface area (Å²) in [6, 6.07) is 5.61. The van der Waals surface area contributed by atoms with Gasteiger partial charge in [0.1, 0.15) is 11.2 Å². The standard InChI is InChI=1S/C20H22O4/c1-19(2,3)23-17(21)13-10-14-15-11(13)8-7-9-12(15)16(14)18(22)24-20(4,5)6/h7-10H,1-6H3. The maximum absolute atomic E-state index is 12.5. The molecule has 4 heteroatoms. The van der Waals surface area contributed by atoms with E-state index in [1.807, 2.05) is 59.7 Å². The Balaban J connectivity index is 1.97. The van der Waals surface area contributed by atoms with Gasteiger partial charge < -0.3 is 9.47 Å². The first-order chi connectivity index (χ1) is 11.0. The van der Waals surface area contributed by atoms with Gasteiger partial charge >= 0.3 is 11.9 Å². The van der Waals surface area contributed by atoms with Gasteiger partial charge in [0.2, 0.25) is 0 Å². The molecule has 1 aromatic carbocycles. The average molecular weight is 326 g/mol. The lowest BCUT2D eigenvalue weighted by Gasteiger charge is -2.23. The minimum Gasteiger partial charge on any atom is -0.456 e. The van der Waals surface area contributed by atoms with Crippen LogP contribution in [-0.4, -0.2) is 23.1 Å². The zero-order chi connectivity index (χ0) is 17.9. The summed E-state index contributed by atoms with van der Waals surface area (Å²) in [5.41, 5.74) is 1.51. The Labute approximate surface area is 141 Å². The molecule has 0 unspecified atom stereocenters. The van der Waals surface area contributed by atoms with Crippen LogP contribution in [0.4, 0.5) is 0 Å². The summed E-state index contributed by atoms with van der Waals surface area (Å²) in [5.74, 6) is -0.731. The summed E-state index contributed by atoms with van der Waals surface area (Å²) in [6.07, 6.45) is 1.74. The van der Waals surface area contributed by atoms with Crippen molar-refractivity contribution < 1.29 is 19.1 Å². The highest BCUT2D eigenvalue weighted by Gasteiger charge is 2.35. The van der Waals surface area contributed by atoms with Gasteiger partial charge in [-0.2, -0.15) is 0 Å². The molecule has 0 atom stereocenters. The third-order valence-electron chi connectivity index (χ3n) is 3.67. The number of hydrogen-bond donors (Lipinski definition) is 0. The lowest BCUT2D eigenvalue weighted by Crippen LogP contribution is -2.42. The molecule has 126 valence electrons. The van der Waals surface area contributed by atoms with E-state index in [-0.39, 0.29) is 11.9 Å². The van der Waals surface area contributed by atoms with Crippen molar-refractivity contribution in [3.63, 3.8) is 0 Å². The normalized spacial score (nSPS) is 15.5. The van der Waals surface area contributed by atoms with Crippen molar-refractivity contribution in [1.29, 1.82) is 0 Å². The van der Waals surface area contributed by atoms with E-state index >= 15 is 0 Å². The van der Waals surface area contributed by atoms with E-state index in [1.54, 1.807) is 6.08 Å². The van der Waals surface area contributed by atoms with E-state index in [1.165, 1.54) is 0 Å². The summed E-state index contributed by atoms with van der Waals surface area (Å²) in [5, 5.41) is 1.78. The first kappa shape index (κ1) is 16.5. The molecule has 1 aromatic rings. The van der Waals surface area contributed by atoms with Crippen molar-refractivity contribution in [2.75, 3.05) is 0 Å². The number of esters is 2. The molecule has 3 rings (SSSR count). The Kier molecular flexibility index (Phi) is 3.48. The van der Waals surface area contributed by atoms with Crippen molar-refractivity contribution in [2.24, 2.45) is 0 Å². The smallest absolute Gasteiger partial charge is 0.339 e. The molecule has 24 heavy (non-hydrogen) atoms. The fourth-order valence-electron chi connectivity index (χ4n) is 2.90.